The zero-order valence-corrected chi connectivity index (χ0v) is 11.1. The summed E-state index contributed by atoms with van der Waals surface area (Å²) in [4.78, 5) is 20.0. The lowest BCUT2D eigenvalue weighted by molar-refractivity contribution is -0.137. The smallest absolute Gasteiger partial charge is 0.303 e. The molecule has 18 heavy (non-hydrogen) atoms. The fraction of sp³-hybridized carbons (Fsp3) is 0.833. The van der Waals surface area contributed by atoms with E-state index in [1.807, 2.05) is 0 Å². The summed E-state index contributed by atoms with van der Waals surface area (Å²) < 4.78 is 0. The molecule has 0 saturated carbocycles. The van der Waals surface area contributed by atoms with E-state index in [0.717, 1.165) is 0 Å². The summed E-state index contributed by atoms with van der Waals surface area (Å²) in [5.74, 6) is -1.64. The van der Waals surface area contributed by atoms with Gasteiger partial charge in [-0.05, 0) is 12.8 Å². The van der Waals surface area contributed by atoms with Crippen LogP contribution in [0.25, 0.3) is 0 Å². The maximum absolute atomic E-state index is 9.98. The number of carboxylic acids is 2. The predicted octanol–water partition coefficient (Wildman–Crippen LogP) is 1.10. The number of rotatable bonds is 8. The standard InChI is InChI=1S/C7H12O4.C5H12O2/c8-6(9)4-2-1-3-5-7(10)11;1-5(2,3-6)4-7/h1-5H2,(H,8,9)(H,10,11);6-7H,3-4H2,1-2H3. The maximum Gasteiger partial charge on any atom is 0.303 e. The van der Waals surface area contributed by atoms with Crippen molar-refractivity contribution in [1.82, 2.24) is 0 Å². The van der Waals surface area contributed by atoms with E-state index in [-0.39, 0.29) is 31.5 Å². The molecule has 6 nitrogen and oxygen atoms in total. The summed E-state index contributed by atoms with van der Waals surface area (Å²) in [6.07, 6.45) is 2.10. The Labute approximate surface area is 107 Å². The van der Waals surface area contributed by atoms with Crippen LogP contribution in [0.5, 0.6) is 0 Å². The van der Waals surface area contributed by atoms with E-state index in [4.69, 9.17) is 20.4 Å². The van der Waals surface area contributed by atoms with Crippen LogP contribution in [0.2, 0.25) is 0 Å². The Morgan fingerprint density at radius 3 is 1.33 bits per heavy atom. The Balaban J connectivity index is 0. The maximum atomic E-state index is 9.98. The van der Waals surface area contributed by atoms with Gasteiger partial charge >= 0.3 is 11.9 Å². The van der Waals surface area contributed by atoms with Crippen LogP contribution in [0.1, 0.15) is 46.0 Å². The summed E-state index contributed by atoms with van der Waals surface area (Å²) in [6, 6.07) is 0. The van der Waals surface area contributed by atoms with Crippen LogP contribution in [0, 0.1) is 5.41 Å². The highest BCUT2D eigenvalue weighted by Gasteiger charge is 2.13. The van der Waals surface area contributed by atoms with Gasteiger partial charge < -0.3 is 20.4 Å². The number of hydrogen-bond donors (Lipinski definition) is 4. The number of carbonyl (C=O) groups is 2. The van der Waals surface area contributed by atoms with Gasteiger partial charge in [0.05, 0.1) is 13.2 Å². The molecule has 4 N–H and O–H groups in total. The molecule has 0 rings (SSSR count). The van der Waals surface area contributed by atoms with Crippen molar-refractivity contribution in [2.45, 2.75) is 46.0 Å². The Morgan fingerprint density at radius 1 is 0.833 bits per heavy atom. The van der Waals surface area contributed by atoms with Crippen molar-refractivity contribution in [1.29, 1.82) is 0 Å². The van der Waals surface area contributed by atoms with E-state index >= 15 is 0 Å². The molecule has 0 fully saturated rings. The minimum Gasteiger partial charge on any atom is -0.481 e. The highest BCUT2D eigenvalue weighted by Crippen LogP contribution is 2.10. The van der Waals surface area contributed by atoms with E-state index < -0.39 is 11.9 Å². The first kappa shape index (κ1) is 19.2. The summed E-state index contributed by atoms with van der Waals surface area (Å²) in [7, 11) is 0. The second-order valence-corrected chi connectivity index (χ2v) is 4.83. The minimum absolute atomic E-state index is 0.0451. The first-order valence-electron chi connectivity index (χ1n) is 5.90. The van der Waals surface area contributed by atoms with E-state index in [9.17, 15) is 9.59 Å². The molecule has 0 heterocycles. The fourth-order valence-electron chi connectivity index (χ4n) is 0.779. The molecule has 0 aliphatic carbocycles. The van der Waals surface area contributed by atoms with Gasteiger partial charge in [0.1, 0.15) is 0 Å². The lowest BCUT2D eigenvalue weighted by Gasteiger charge is -2.16. The van der Waals surface area contributed by atoms with E-state index in [2.05, 4.69) is 0 Å². The summed E-state index contributed by atoms with van der Waals surface area (Å²) in [6.45, 7) is 3.69. The van der Waals surface area contributed by atoms with E-state index in [1.54, 1.807) is 13.8 Å². The molecule has 0 aromatic heterocycles. The quantitative estimate of drug-likeness (QED) is 0.488. The topological polar surface area (TPSA) is 115 Å². The van der Waals surface area contributed by atoms with Crippen LogP contribution < -0.4 is 0 Å². The zero-order chi connectivity index (χ0) is 14.6. The molecule has 108 valence electrons. The third-order valence-corrected chi connectivity index (χ3v) is 2.14. The van der Waals surface area contributed by atoms with Crippen molar-refractivity contribution >= 4 is 11.9 Å². The van der Waals surface area contributed by atoms with Crippen molar-refractivity contribution in [2.75, 3.05) is 13.2 Å². The molecule has 0 spiro atoms. The Bertz CT molecular complexity index is 215. The van der Waals surface area contributed by atoms with Crippen molar-refractivity contribution < 1.29 is 30.0 Å². The Kier molecular flexibility index (Phi) is 11.7. The van der Waals surface area contributed by atoms with Crippen LogP contribution >= 0.6 is 0 Å². The average Bonchev–Trinajstić information content (AvgIpc) is 2.28. The second-order valence-electron chi connectivity index (χ2n) is 4.83. The van der Waals surface area contributed by atoms with Gasteiger partial charge in [0.15, 0.2) is 0 Å². The van der Waals surface area contributed by atoms with Crippen LogP contribution in [0.3, 0.4) is 0 Å². The molecule has 0 saturated heterocycles. The van der Waals surface area contributed by atoms with Gasteiger partial charge in [-0.1, -0.05) is 20.3 Å². The molecular weight excluding hydrogens is 240 g/mol. The van der Waals surface area contributed by atoms with Crippen molar-refractivity contribution in [2.24, 2.45) is 5.41 Å². The lowest BCUT2D eigenvalue weighted by Crippen LogP contribution is -2.20. The molecule has 6 heteroatoms. The summed E-state index contributed by atoms with van der Waals surface area (Å²) in [5.41, 5.74) is -0.306. The molecule has 0 unspecified atom stereocenters. The minimum atomic E-state index is -0.819. The molecule has 0 aliphatic heterocycles. The van der Waals surface area contributed by atoms with Gasteiger partial charge in [-0.15, -0.1) is 0 Å². The van der Waals surface area contributed by atoms with E-state index in [1.165, 1.54) is 0 Å². The van der Waals surface area contributed by atoms with Crippen molar-refractivity contribution in [3.05, 3.63) is 0 Å². The molecule has 0 bridgehead atoms. The SMILES string of the molecule is CC(C)(CO)CO.O=C(O)CCCCCC(=O)O. The van der Waals surface area contributed by atoms with Gasteiger partial charge in [-0.3, -0.25) is 9.59 Å². The molecule has 0 atom stereocenters. The van der Waals surface area contributed by atoms with Gasteiger partial charge in [-0.25, -0.2) is 0 Å². The molecule has 0 aliphatic rings. The van der Waals surface area contributed by atoms with E-state index in [0.29, 0.717) is 19.3 Å². The van der Waals surface area contributed by atoms with Crippen LogP contribution in [0.15, 0.2) is 0 Å². The zero-order valence-electron chi connectivity index (χ0n) is 11.1. The summed E-state index contributed by atoms with van der Waals surface area (Å²) >= 11 is 0. The molecule has 0 radical (unpaired) electrons. The first-order valence-corrected chi connectivity index (χ1v) is 5.90. The third-order valence-electron chi connectivity index (χ3n) is 2.14. The molecule has 0 amide bonds. The number of hydrogen-bond acceptors (Lipinski definition) is 4. The third kappa shape index (κ3) is 17.3. The number of unbranched alkanes of at least 4 members (excludes halogenated alkanes) is 2. The van der Waals surface area contributed by atoms with Crippen molar-refractivity contribution in [3.63, 3.8) is 0 Å². The van der Waals surface area contributed by atoms with Gasteiger partial charge in [-0.2, -0.15) is 0 Å². The lowest BCUT2D eigenvalue weighted by atomic mass is 9.97. The van der Waals surface area contributed by atoms with Gasteiger partial charge in [0, 0.05) is 18.3 Å². The second kappa shape index (κ2) is 11.0. The summed E-state index contributed by atoms with van der Waals surface area (Å²) in [5, 5.41) is 33.3. The van der Waals surface area contributed by atoms with Gasteiger partial charge in [0.2, 0.25) is 0 Å². The highest BCUT2D eigenvalue weighted by molar-refractivity contribution is 5.67. The number of aliphatic hydroxyl groups is 2. The molecule has 0 aromatic rings. The molecule has 0 aromatic carbocycles. The number of aliphatic hydroxyl groups excluding tert-OH is 2. The average molecular weight is 264 g/mol. The van der Waals surface area contributed by atoms with Crippen LogP contribution in [-0.2, 0) is 9.59 Å². The highest BCUT2D eigenvalue weighted by atomic mass is 16.4. The number of aliphatic carboxylic acids is 2. The van der Waals surface area contributed by atoms with Crippen LogP contribution in [0.4, 0.5) is 0 Å². The van der Waals surface area contributed by atoms with Gasteiger partial charge in [0.25, 0.3) is 0 Å². The van der Waals surface area contributed by atoms with Crippen molar-refractivity contribution in [3.8, 4) is 0 Å². The Morgan fingerprint density at radius 2 is 1.17 bits per heavy atom. The van der Waals surface area contributed by atoms with Crippen LogP contribution in [-0.4, -0.2) is 45.6 Å². The Hall–Kier alpha value is -1.14. The molecular formula is C12H24O6. The normalized spacial score (nSPS) is 10.4. The monoisotopic (exact) mass is 264 g/mol. The predicted molar refractivity (Wildman–Crippen MR) is 66.3 cm³/mol. The fourth-order valence-corrected chi connectivity index (χ4v) is 0.779. The first-order chi connectivity index (χ1) is 8.25. The largest absolute Gasteiger partial charge is 0.481 e. The number of carboxylic acid groups (broad SMARTS) is 2.